The highest BCUT2D eigenvalue weighted by atomic mass is 35.5. The van der Waals surface area contributed by atoms with Crippen LogP contribution in [-0.2, 0) is 17.5 Å². The molecule has 2 aromatic rings. The lowest BCUT2D eigenvalue weighted by atomic mass is 9.86. The quantitative estimate of drug-likeness (QED) is 0.592. The largest absolute Gasteiger partial charge is 0.515 e. The van der Waals surface area contributed by atoms with Crippen molar-refractivity contribution in [2.45, 2.75) is 51.4 Å². The molecule has 32 heavy (non-hydrogen) atoms. The molecule has 1 fully saturated rings. The van der Waals surface area contributed by atoms with E-state index < -0.39 is 23.8 Å². The van der Waals surface area contributed by atoms with Crippen molar-refractivity contribution in [2.24, 2.45) is 5.92 Å². The first-order valence-corrected chi connectivity index (χ1v) is 10.6. The summed E-state index contributed by atoms with van der Waals surface area (Å²) in [6, 6.07) is 4.13. The first-order chi connectivity index (χ1) is 15.2. The fourth-order valence-corrected chi connectivity index (χ4v) is 3.83. The van der Waals surface area contributed by atoms with Crippen LogP contribution in [0.3, 0.4) is 0 Å². The number of amides is 1. The van der Waals surface area contributed by atoms with E-state index in [1.807, 2.05) is 0 Å². The molecule has 11 heteroatoms. The second kappa shape index (κ2) is 10.2. The van der Waals surface area contributed by atoms with Crippen molar-refractivity contribution in [1.82, 2.24) is 15.1 Å². The molecule has 7 nitrogen and oxygen atoms in total. The molecule has 1 aromatic heterocycles. The summed E-state index contributed by atoms with van der Waals surface area (Å²) in [6.45, 7) is 2.50. The van der Waals surface area contributed by atoms with Crippen molar-refractivity contribution < 1.29 is 32.2 Å². The monoisotopic (exact) mass is 473 g/mol. The molecule has 1 heterocycles. The van der Waals surface area contributed by atoms with E-state index in [1.54, 1.807) is 23.9 Å². The van der Waals surface area contributed by atoms with Gasteiger partial charge in [0.1, 0.15) is 0 Å². The number of benzene rings is 1. The maximum Gasteiger partial charge on any atom is 0.515 e. The van der Waals surface area contributed by atoms with E-state index in [0.717, 1.165) is 31.0 Å². The first-order valence-electron chi connectivity index (χ1n) is 10.2. The van der Waals surface area contributed by atoms with Crippen LogP contribution in [0.2, 0.25) is 5.02 Å². The molecule has 0 unspecified atom stereocenters. The number of hydrogen-bond acceptors (Lipinski definition) is 5. The molecule has 0 radical (unpaired) electrons. The van der Waals surface area contributed by atoms with Gasteiger partial charge in [-0.15, -0.1) is 5.10 Å². The van der Waals surface area contributed by atoms with Crippen molar-refractivity contribution in [1.29, 1.82) is 0 Å². The summed E-state index contributed by atoms with van der Waals surface area (Å²) in [4.78, 5) is 23.8. The molecular formula is C21H23ClF3N3O4. The van der Waals surface area contributed by atoms with Gasteiger partial charge in [-0.2, -0.15) is 13.2 Å². The minimum atomic E-state index is -4.55. The molecule has 0 saturated heterocycles. The van der Waals surface area contributed by atoms with Crippen molar-refractivity contribution in [2.75, 3.05) is 6.61 Å². The van der Waals surface area contributed by atoms with E-state index in [9.17, 15) is 22.8 Å². The molecule has 3 rings (SSSR count). The summed E-state index contributed by atoms with van der Waals surface area (Å²) in [6.07, 6.45) is -0.691. The molecule has 1 aliphatic carbocycles. The number of nitrogens with zero attached hydrogens (tertiary/aromatic N) is 2. The minimum absolute atomic E-state index is 0.0243. The molecule has 1 aliphatic rings. The van der Waals surface area contributed by atoms with E-state index in [-0.39, 0.29) is 29.1 Å². The van der Waals surface area contributed by atoms with Gasteiger partial charge < -0.3 is 14.8 Å². The summed E-state index contributed by atoms with van der Waals surface area (Å²) < 4.78 is 50.1. The van der Waals surface area contributed by atoms with E-state index in [0.29, 0.717) is 25.3 Å². The van der Waals surface area contributed by atoms with Crippen LogP contribution in [0, 0.1) is 5.92 Å². The fraction of sp³-hybridized carbons (Fsp3) is 0.476. The minimum Gasteiger partial charge on any atom is -0.434 e. The Morgan fingerprint density at radius 1 is 1.22 bits per heavy atom. The average Bonchev–Trinajstić information content (AvgIpc) is 3.15. The lowest BCUT2D eigenvalue weighted by molar-refractivity contribution is -0.137. The maximum absolute atomic E-state index is 12.9. The zero-order valence-corrected chi connectivity index (χ0v) is 18.1. The molecule has 1 aromatic carbocycles. The van der Waals surface area contributed by atoms with Gasteiger partial charge in [-0.3, -0.25) is 9.48 Å². The molecule has 1 N–H and O–H groups in total. The van der Waals surface area contributed by atoms with Gasteiger partial charge >= 0.3 is 12.3 Å². The molecule has 0 aliphatic heterocycles. The smallest absolute Gasteiger partial charge is 0.434 e. The molecular weight excluding hydrogens is 451 g/mol. The van der Waals surface area contributed by atoms with Gasteiger partial charge in [-0.05, 0) is 56.7 Å². The predicted molar refractivity (Wildman–Crippen MR) is 110 cm³/mol. The second-order valence-corrected chi connectivity index (χ2v) is 7.95. The SMILES string of the molecule is CCOC(=O)Oc1ccn(CC2CCC(NC(=O)c3cc(C(F)(F)F)ccc3Cl)CC2)n1. The zero-order valence-electron chi connectivity index (χ0n) is 17.3. The third-order valence-electron chi connectivity index (χ3n) is 5.23. The van der Waals surface area contributed by atoms with E-state index in [2.05, 4.69) is 10.4 Å². The normalized spacial score (nSPS) is 18.8. The van der Waals surface area contributed by atoms with Gasteiger partial charge in [-0.25, -0.2) is 4.79 Å². The summed E-state index contributed by atoms with van der Waals surface area (Å²) in [5.41, 5.74) is -1.10. The topological polar surface area (TPSA) is 82.5 Å². The number of nitrogens with one attached hydrogen (secondary N) is 1. The number of rotatable bonds is 6. The Balaban J connectivity index is 1.50. The highest BCUT2D eigenvalue weighted by Gasteiger charge is 2.32. The molecule has 0 atom stereocenters. The Kier molecular flexibility index (Phi) is 7.65. The number of hydrogen-bond donors (Lipinski definition) is 1. The van der Waals surface area contributed by atoms with Crippen LogP contribution in [0.4, 0.5) is 18.0 Å². The van der Waals surface area contributed by atoms with Crippen LogP contribution in [-0.4, -0.2) is 34.5 Å². The van der Waals surface area contributed by atoms with Crippen LogP contribution in [0.1, 0.15) is 48.5 Å². The first kappa shape index (κ1) is 23.9. The standard InChI is InChI=1S/C21H23ClF3N3O4/c1-2-31-20(30)32-18-9-10-28(27-18)12-13-3-6-15(7-4-13)26-19(29)16-11-14(21(23,24)25)5-8-17(16)22/h5,8-11,13,15H,2-4,6-7,12H2,1H3,(H,26,29). The van der Waals surface area contributed by atoms with Gasteiger partial charge in [-0.1, -0.05) is 11.6 Å². The third kappa shape index (κ3) is 6.38. The number of carbonyl (C=O) groups is 2. The van der Waals surface area contributed by atoms with Crippen molar-refractivity contribution in [3.05, 3.63) is 46.6 Å². The fourth-order valence-electron chi connectivity index (χ4n) is 3.62. The summed E-state index contributed by atoms with van der Waals surface area (Å²) >= 11 is 5.95. The van der Waals surface area contributed by atoms with Crippen molar-refractivity contribution in [3.63, 3.8) is 0 Å². The summed E-state index contributed by atoms with van der Waals surface area (Å²) in [5, 5.41) is 6.96. The van der Waals surface area contributed by atoms with Crippen LogP contribution in [0.15, 0.2) is 30.5 Å². The maximum atomic E-state index is 12.9. The van der Waals surface area contributed by atoms with Gasteiger partial charge in [0.2, 0.25) is 5.88 Å². The number of alkyl halides is 3. The van der Waals surface area contributed by atoms with Gasteiger partial charge in [0.25, 0.3) is 5.91 Å². The Morgan fingerprint density at radius 2 is 1.94 bits per heavy atom. The van der Waals surface area contributed by atoms with Crippen LogP contribution >= 0.6 is 11.6 Å². The van der Waals surface area contributed by atoms with E-state index in [1.165, 1.54) is 0 Å². The van der Waals surface area contributed by atoms with Crippen molar-refractivity contribution >= 4 is 23.7 Å². The number of halogens is 4. The predicted octanol–water partition coefficient (Wildman–Crippen LogP) is 5.08. The Labute approximate surface area is 187 Å². The number of ether oxygens (including phenoxy) is 2. The van der Waals surface area contributed by atoms with Gasteiger partial charge in [0, 0.05) is 24.8 Å². The molecule has 0 spiro atoms. The second-order valence-electron chi connectivity index (χ2n) is 7.54. The Morgan fingerprint density at radius 3 is 2.59 bits per heavy atom. The molecule has 174 valence electrons. The van der Waals surface area contributed by atoms with E-state index in [4.69, 9.17) is 21.1 Å². The zero-order chi connectivity index (χ0) is 23.3. The number of carbonyl (C=O) groups excluding carboxylic acids is 2. The Bertz CT molecular complexity index is 956. The van der Waals surface area contributed by atoms with Crippen LogP contribution in [0.5, 0.6) is 5.88 Å². The van der Waals surface area contributed by atoms with E-state index >= 15 is 0 Å². The molecule has 1 amide bonds. The summed E-state index contributed by atoms with van der Waals surface area (Å²) in [5.74, 6) is -0.157. The highest BCUT2D eigenvalue weighted by Crippen LogP contribution is 2.32. The molecule has 1 saturated carbocycles. The lowest BCUT2D eigenvalue weighted by Gasteiger charge is -2.29. The molecule has 0 bridgehead atoms. The average molecular weight is 474 g/mol. The van der Waals surface area contributed by atoms with Crippen LogP contribution < -0.4 is 10.1 Å². The third-order valence-corrected chi connectivity index (χ3v) is 5.56. The number of aromatic nitrogens is 2. The van der Waals surface area contributed by atoms with Gasteiger partial charge in [0.05, 0.1) is 22.8 Å². The summed E-state index contributed by atoms with van der Waals surface area (Å²) in [7, 11) is 0. The van der Waals surface area contributed by atoms with Crippen LogP contribution in [0.25, 0.3) is 0 Å². The Hall–Kier alpha value is -2.75. The highest BCUT2D eigenvalue weighted by molar-refractivity contribution is 6.33. The van der Waals surface area contributed by atoms with Gasteiger partial charge in [0.15, 0.2) is 0 Å². The lowest BCUT2D eigenvalue weighted by Crippen LogP contribution is -2.38. The van der Waals surface area contributed by atoms with Crippen molar-refractivity contribution in [3.8, 4) is 5.88 Å².